The summed E-state index contributed by atoms with van der Waals surface area (Å²) in [6.45, 7) is 0. The second-order valence-corrected chi connectivity index (χ2v) is 3.82. The molecule has 0 atom stereocenters. The molecule has 84 valence electrons. The minimum Gasteiger partial charge on any atom is -0.398 e. The smallest absolute Gasteiger partial charge is 0.180 e. The van der Waals surface area contributed by atoms with Gasteiger partial charge in [-0.3, -0.25) is 0 Å². The molecule has 0 bridgehead atoms. The number of H-pyrrole nitrogens is 1. The lowest BCUT2D eigenvalue weighted by Crippen LogP contribution is -1.96. The highest BCUT2D eigenvalue weighted by Crippen LogP contribution is 2.15. The van der Waals surface area contributed by atoms with Crippen LogP contribution >= 0.6 is 0 Å². The normalized spacial score (nSPS) is 10.8. The quantitative estimate of drug-likeness (QED) is 0.648. The van der Waals surface area contributed by atoms with Crippen LogP contribution in [-0.4, -0.2) is 19.9 Å². The molecule has 0 radical (unpaired) electrons. The zero-order valence-electron chi connectivity index (χ0n) is 9.09. The minimum atomic E-state index is 0.670. The summed E-state index contributed by atoms with van der Waals surface area (Å²) in [5, 5.41) is 0. The maximum Gasteiger partial charge on any atom is 0.180 e. The molecule has 0 saturated heterocycles. The SMILES string of the molecule is Nc1ccccc1Cc1nc2ncncc2[nH]1. The van der Waals surface area contributed by atoms with E-state index in [-0.39, 0.29) is 0 Å². The molecule has 0 spiro atoms. The number of benzene rings is 1. The lowest BCUT2D eigenvalue weighted by atomic mass is 10.1. The van der Waals surface area contributed by atoms with Crippen molar-refractivity contribution >= 4 is 16.9 Å². The number of nitrogens with one attached hydrogen (secondary N) is 1. The number of nitrogen functional groups attached to an aromatic ring is 1. The maximum absolute atomic E-state index is 5.89. The van der Waals surface area contributed by atoms with Crippen molar-refractivity contribution in [1.82, 2.24) is 19.9 Å². The van der Waals surface area contributed by atoms with Crippen molar-refractivity contribution in [2.45, 2.75) is 6.42 Å². The fourth-order valence-corrected chi connectivity index (χ4v) is 1.77. The van der Waals surface area contributed by atoms with Gasteiger partial charge in [-0.15, -0.1) is 0 Å². The number of nitrogens with two attached hydrogens (primary N) is 1. The summed E-state index contributed by atoms with van der Waals surface area (Å²) in [6.07, 6.45) is 3.88. The van der Waals surface area contributed by atoms with Crippen molar-refractivity contribution in [3.8, 4) is 0 Å². The van der Waals surface area contributed by atoms with Gasteiger partial charge in [-0.1, -0.05) is 18.2 Å². The van der Waals surface area contributed by atoms with Crippen LogP contribution in [0, 0.1) is 0 Å². The lowest BCUT2D eigenvalue weighted by Gasteiger charge is -2.01. The average Bonchev–Trinajstić information content (AvgIpc) is 2.74. The zero-order chi connectivity index (χ0) is 11.7. The van der Waals surface area contributed by atoms with Gasteiger partial charge >= 0.3 is 0 Å². The van der Waals surface area contributed by atoms with Gasteiger partial charge in [-0.05, 0) is 11.6 Å². The zero-order valence-corrected chi connectivity index (χ0v) is 9.09. The molecular weight excluding hydrogens is 214 g/mol. The van der Waals surface area contributed by atoms with Crippen molar-refractivity contribution in [2.75, 3.05) is 5.73 Å². The molecule has 2 aromatic heterocycles. The Kier molecular flexibility index (Phi) is 2.22. The van der Waals surface area contributed by atoms with Crippen molar-refractivity contribution in [3.63, 3.8) is 0 Å². The number of aromatic nitrogens is 4. The highest BCUT2D eigenvalue weighted by Gasteiger charge is 2.06. The third-order valence-corrected chi connectivity index (χ3v) is 2.62. The summed E-state index contributed by atoms with van der Waals surface area (Å²) in [5.41, 5.74) is 9.25. The summed E-state index contributed by atoms with van der Waals surface area (Å²) in [5.74, 6) is 0.846. The third-order valence-electron chi connectivity index (χ3n) is 2.62. The summed E-state index contributed by atoms with van der Waals surface area (Å²) in [4.78, 5) is 15.6. The van der Waals surface area contributed by atoms with E-state index in [1.807, 2.05) is 24.3 Å². The minimum absolute atomic E-state index is 0.670. The first-order valence-corrected chi connectivity index (χ1v) is 5.31. The Bertz CT molecular complexity index is 626. The first-order chi connectivity index (χ1) is 8.33. The highest BCUT2D eigenvalue weighted by molar-refractivity contribution is 5.68. The van der Waals surface area contributed by atoms with E-state index in [0.29, 0.717) is 12.1 Å². The second kappa shape index (κ2) is 3.86. The van der Waals surface area contributed by atoms with Gasteiger partial charge in [0.15, 0.2) is 5.65 Å². The van der Waals surface area contributed by atoms with Gasteiger partial charge in [0.1, 0.15) is 17.7 Å². The highest BCUT2D eigenvalue weighted by atomic mass is 15.0. The number of aromatic amines is 1. The van der Waals surface area contributed by atoms with Crippen LogP contribution in [0.15, 0.2) is 36.8 Å². The molecule has 1 aromatic carbocycles. The predicted octanol–water partition coefficient (Wildman–Crippen LogP) is 1.53. The molecule has 17 heavy (non-hydrogen) atoms. The molecule has 0 amide bonds. The fourth-order valence-electron chi connectivity index (χ4n) is 1.77. The Morgan fingerprint density at radius 1 is 1.24 bits per heavy atom. The molecule has 0 saturated carbocycles. The van der Waals surface area contributed by atoms with Gasteiger partial charge in [-0.25, -0.2) is 15.0 Å². The van der Waals surface area contributed by atoms with Gasteiger partial charge in [0.2, 0.25) is 0 Å². The van der Waals surface area contributed by atoms with Crippen molar-refractivity contribution in [2.24, 2.45) is 0 Å². The monoisotopic (exact) mass is 225 g/mol. The fraction of sp³-hybridized carbons (Fsp3) is 0.0833. The van der Waals surface area contributed by atoms with E-state index in [4.69, 9.17) is 5.73 Å². The van der Waals surface area contributed by atoms with Gasteiger partial charge < -0.3 is 10.7 Å². The molecule has 2 heterocycles. The van der Waals surface area contributed by atoms with Gasteiger partial charge in [-0.2, -0.15) is 0 Å². The van der Waals surface area contributed by atoms with Crippen LogP contribution in [0.2, 0.25) is 0 Å². The molecule has 3 N–H and O–H groups in total. The lowest BCUT2D eigenvalue weighted by molar-refractivity contribution is 1.04. The number of nitrogens with zero attached hydrogens (tertiary/aromatic N) is 3. The Hall–Kier alpha value is -2.43. The molecular formula is C12H11N5. The molecule has 5 heteroatoms. The largest absolute Gasteiger partial charge is 0.398 e. The number of hydrogen-bond acceptors (Lipinski definition) is 4. The van der Waals surface area contributed by atoms with Gasteiger partial charge in [0.05, 0.1) is 6.20 Å². The Morgan fingerprint density at radius 2 is 2.12 bits per heavy atom. The summed E-state index contributed by atoms with van der Waals surface area (Å²) in [6, 6.07) is 7.77. The van der Waals surface area contributed by atoms with Crippen LogP contribution in [0.4, 0.5) is 5.69 Å². The topological polar surface area (TPSA) is 80.5 Å². The molecule has 3 rings (SSSR count). The molecule has 0 fully saturated rings. The Labute approximate surface area is 97.7 Å². The molecule has 0 aliphatic carbocycles. The first-order valence-electron chi connectivity index (χ1n) is 5.31. The van der Waals surface area contributed by atoms with E-state index in [2.05, 4.69) is 19.9 Å². The van der Waals surface area contributed by atoms with Crippen LogP contribution in [0.25, 0.3) is 11.2 Å². The van der Waals surface area contributed by atoms with Crippen molar-refractivity contribution in [1.29, 1.82) is 0 Å². The number of fused-ring (bicyclic) bond motifs is 1. The third kappa shape index (κ3) is 1.82. The molecule has 3 aromatic rings. The summed E-state index contributed by atoms with van der Waals surface area (Å²) >= 11 is 0. The number of para-hydroxylation sites is 1. The van der Waals surface area contributed by atoms with Crippen LogP contribution in [-0.2, 0) is 6.42 Å². The van der Waals surface area contributed by atoms with Crippen LogP contribution in [0.3, 0.4) is 0 Å². The van der Waals surface area contributed by atoms with E-state index in [9.17, 15) is 0 Å². The van der Waals surface area contributed by atoms with E-state index < -0.39 is 0 Å². The second-order valence-electron chi connectivity index (χ2n) is 3.82. The molecule has 0 unspecified atom stereocenters. The summed E-state index contributed by atoms with van der Waals surface area (Å²) in [7, 11) is 0. The van der Waals surface area contributed by atoms with Gasteiger partial charge in [0.25, 0.3) is 0 Å². The van der Waals surface area contributed by atoms with E-state index >= 15 is 0 Å². The van der Waals surface area contributed by atoms with Crippen LogP contribution in [0.5, 0.6) is 0 Å². The first kappa shape index (κ1) is 9.77. The van der Waals surface area contributed by atoms with E-state index in [0.717, 1.165) is 22.6 Å². The average molecular weight is 225 g/mol. The predicted molar refractivity (Wildman–Crippen MR) is 65.3 cm³/mol. The number of hydrogen-bond donors (Lipinski definition) is 2. The van der Waals surface area contributed by atoms with E-state index in [1.165, 1.54) is 6.33 Å². The van der Waals surface area contributed by atoms with Gasteiger partial charge in [0, 0.05) is 12.1 Å². The number of imidazole rings is 1. The standard InChI is InChI=1S/C12H11N5/c13-9-4-2-1-3-8(9)5-11-16-10-6-14-7-15-12(10)17-11/h1-4,6-7H,5,13H2,(H,14,15,16,17). The summed E-state index contributed by atoms with van der Waals surface area (Å²) < 4.78 is 0. The number of rotatable bonds is 2. The molecule has 0 aliphatic rings. The van der Waals surface area contributed by atoms with Crippen molar-refractivity contribution in [3.05, 3.63) is 48.2 Å². The maximum atomic E-state index is 5.89. The molecule has 5 nitrogen and oxygen atoms in total. The van der Waals surface area contributed by atoms with E-state index in [1.54, 1.807) is 6.20 Å². The van der Waals surface area contributed by atoms with Crippen LogP contribution in [0.1, 0.15) is 11.4 Å². The van der Waals surface area contributed by atoms with Crippen LogP contribution < -0.4 is 5.73 Å². The molecule has 0 aliphatic heterocycles. The number of anilines is 1. The van der Waals surface area contributed by atoms with Crippen molar-refractivity contribution < 1.29 is 0 Å². The Morgan fingerprint density at radius 3 is 2.94 bits per heavy atom. The Balaban J connectivity index is 1.98.